The van der Waals surface area contributed by atoms with Crippen LogP contribution in [0, 0.1) is 0 Å². The van der Waals surface area contributed by atoms with Crippen LogP contribution in [0.2, 0.25) is 0 Å². The van der Waals surface area contributed by atoms with Crippen LogP contribution in [0.15, 0.2) is 84.0 Å². The first-order valence-electron chi connectivity index (χ1n) is 10.1. The molecule has 32 heavy (non-hydrogen) atoms. The molecule has 0 amide bonds. The molecule has 168 valence electrons. The first-order valence-corrected chi connectivity index (χ1v) is 11.6. The SMILES string of the molecule is O=S(=O)(c1ccc(N2C[C@@H](Cc3ccccc3)N(Cc3ccncc3)C2)cc1)C(F)(F)F. The summed E-state index contributed by atoms with van der Waals surface area (Å²) < 4.78 is 61.8. The average Bonchev–Trinajstić information content (AvgIpc) is 3.16. The third kappa shape index (κ3) is 4.78. The molecule has 1 aromatic heterocycles. The summed E-state index contributed by atoms with van der Waals surface area (Å²) in [5, 5.41) is 0. The van der Waals surface area contributed by atoms with Gasteiger partial charge in [0.2, 0.25) is 0 Å². The van der Waals surface area contributed by atoms with Gasteiger partial charge < -0.3 is 4.90 Å². The van der Waals surface area contributed by atoms with Gasteiger partial charge in [0, 0.05) is 37.2 Å². The first-order chi connectivity index (χ1) is 15.2. The van der Waals surface area contributed by atoms with Crippen molar-refractivity contribution in [1.29, 1.82) is 0 Å². The van der Waals surface area contributed by atoms with E-state index >= 15 is 0 Å². The summed E-state index contributed by atoms with van der Waals surface area (Å²) >= 11 is 0. The summed E-state index contributed by atoms with van der Waals surface area (Å²) in [6.45, 7) is 1.95. The Kier molecular flexibility index (Phi) is 6.21. The molecular weight excluding hydrogens is 439 g/mol. The van der Waals surface area contributed by atoms with E-state index in [1.165, 1.54) is 17.7 Å². The topological polar surface area (TPSA) is 53.5 Å². The van der Waals surface area contributed by atoms with E-state index in [1.54, 1.807) is 12.4 Å². The number of hydrogen-bond donors (Lipinski definition) is 0. The number of aromatic nitrogens is 1. The molecule has 2 heterocycles. The van der Waals surface area contributed by atoms with E-state index in [0.29, 0.717) is 25.4 Å². The lowest BCUT2D eigenvalue weighted by Gasteiger charge is -2.23. The summed E-state index contributed by atoms with van der Waals surface area (Å²) in [6, 6.07) is 19.1. The summed E-state index contributed by atoms with van der Waals surface area (Å²) in [5.74, 6) is 0. The van der Waals surface area contributed by atoms with Crippen LogP contribution in [0.25, 0.3) is 0 Å². The van der Waals surface area contributed by atoms with Gasteiger partial charge in [0.1, 0.15) is 0 Å². The van der Waals surface area contributed by atoms with Gasteiger partial charge in [-0.25, -0.2) is 8.42 Å². The molecule has 1 saturated heterocycles. The second-order valence-electron chi connectivity index (χ2n) is 7.75. The van der Waals surface area contributed by atoms with Crippen molar-refractivity contribution in [1.82, 2.24) is 9.88 Å². The molecule has 5 nitrogen and oxygen atoms in total. The normalized spacial score (nSPS) is 17.6. The lowest BCUT2D eigenvalue weighted by Crippen LogP contribution is -2.32. The molecule has 1 aliphatic rings. The van der Waals surface area contributed by atoms with Gasteiger partial charge in [-0.05, 0) is 53.9 Å². The average molecular weight is 462 g/mol. The maximum Gasteiger partial charge on any atom is 0.501 e. The molecule has 0 spiro atoms. The van der Waals surface area contributed by atoms with Crippen molar-refractivity contribution in [2.75, 3.05) is 18.1 Å². The molecule has 0 N–H and O–H groups in total. The van der Waals surface area contributed by atoms with Crippen molar-refractivity contribution < 1.29 is 21.6 Å². The number of hydrogen-bond acceptors (Lipinski definition) is 5. The van der Waals surface area contributed by atoms with Gasteiger partial charge in [0.25, 0.3) is 9.84 Å². The van der Waals surface area contributed by atoms with Crippen LogP contribution < -0.4 is 4.90 Å². The minimum atomic E-state index is -5.35. The van der Waals surface area contributed by atoms with Crippen molar-refractivity contribution in [3.8, 4) is 0 Å². The minimum Gasteiger partial charge on any atom is -0.357 e. The highest BCUT2D eigenvalue weighted by molar-refractivity contribution is 7.92. The Labute approximate surface area is 185 Å². The number of sulfone groups is 1. The number of alkyl halides is 3. The second-order valence-corrected chi connectivity index (χ2v) is 9.69. The van der Waals surface area contributed by atoms with E-state index < -0.39 is 20.2 Å². The van der Waals surface area contributed by atoms with Crippen LogP contribution >= 0.6 is 0 Å². The standard InChI is InChI=1S/C23H22F3N3O2S/c24-23(25,26)32(30,31)22-8-6-20(7-9-22)29-16-21(14-18-4-2-1-3-5-18)28(17-29)15-19-10-12-27-13-11-19/h1-13,21H,14-17H2/t21-/m1/s1. The number of anilines is 1. The molecule has 0 unspecified atom stereocenters. The van der Waals surface area contributed by atoms with Crippen molar-refractivity contribution in [3.05, 3.63) is 90.3 Å². The summed E-state index contributed by atoms with van der Waals surface area (Å²) in [6.07, 6.45) is 4.31. The Morgan fingerprint density at radius 1 is 0.906 bits per heavy atom. The van der Waals surface area contributed by atoms with Crippen molar-refractivity contribution in [2.45, 2.75) is 29.4 Å². The maximum atomic E-state index is 12.8. The fourth-order valence-electron chi connectivity index (χ4n) is 3.90. The van der Waals surface area contributed by atoms with Crippen LogP contribution in [-0.4, -0.2) is 43.1 Å². The number of pyridine rings is 1. The summed E-state index contributed by atoms with van der Waals surface area (Å²) in [7, 11) is -5.35. The largest absolute Gasteiger partial charge is 0.501 e. The number of halogens is 3. The van der Waals surface area contributed by atoms with Gasteiger partial charge in [-0.3, -0.25) is 9.88 Å². The smallest absolute Gasteiger partial charge is 0.357 e. The quantitative estimate of drug-likeness (QED) is 0.549. The van der Waals surface area contributed by atoms with Crippen molar-refractivity contribution in [3.63, 3.8) is 0 Å². The monoisotopic (exact) mass is 461 g/mol. The predicted molar refractivity (Wildman–Crippen MR) is 116 cm³/mol. The molecule has 1 aliphatic heterocycles. The van der Waals surface area contributed by atoms with E-state index in [2.05, 4.69) is 26.9 Å². The van der Waals surface area contributed by atoms with E-state index in [1.807, 2.05) is 30.3 Å². The van der Waals surface area contributed by atoms with Gasteiger partial charge >= 0.3 is 5.51 Å². The van der Waals surface area contributed by atoms with Gasteiger partial charge in [0.05, 0.1) is 11.6 Å². The fraction of sp³-hybridized carbons (Fsp3) is 0.261. The lowest BCUT2D eigenvalue weighted by atomic mass is 10.1. The zero-order valence-electron chi connectivity index (χ0n) is 17.1. The molecule has 1 fully saturated rings. The Hall–Kier alpha value is -2.91. The molecule has 3 aromatic rings. The molecule has 0 aliphatic carbocycles. The van der Waals surface area contributed by atoms with Crippen LogP contribution in [0.1, 0.15) is 11.1 Å². The Morgan fingerprint density at radius 3 is 2.19 bits per heavy atom. The third-order valence-corrected chi connectivity index (χ3v) is 7.07. The van der Waals surface area contributed by atoms with E-state index in [4.69, 9.17) is 0 Å². The molecule has 1 atom stereocenters. The van der Waals surface area contributed by atoms with Crippen molar-refractivity contribution >= 4 is 15.5 Å². The highest BCUT2D eigenvalue weighted by Crippen LogP contribution is 2.32. The van der Waals surface area contributed by atoms with E-state index in [9.17, 15) is 21.6 Å². The Balaban J connectivity index is 1.55. The summed E-state index contributed by atoms with van der Waals surface area (Å²) in [4.78, 5) is 7.67. The third-order valence-electron chi connectivity index (χ3n) is 5.57. The highest BCUT2D eigenvalue weighted by Gasteiger charge is 2.46. The highest BCUT2D eigenvalue weighted by atomic mass is 32.2. The number of benzene rings is 2. The Bertz CT molecular complexity index is 1090. The molecular formula is C23H22F3N3O2S. The minimum absolute atomic E-state index is 0.184. The molecule has 9 heteroatoms. The van der Waals surface area contributed by atoms with Crippen LogP contribution in [0.4, 0.5) is 18.9 Å². The summed E-state index contributed by atoms with van der Waals surface area (Å²) in [5.41, 5.74) is -2.32. The van der Waals surface area contributed by atoms with Crippen LogP contribution in [-0.2, 0) is 22.8 Å². The zero-order chi connectivity index (χ0) is 22.8. The predicted octanol–water partition coefficient (Wildman–Crippen LogP) is 4.27. The lowest BCUT2D eigenvalue weighted by molar-refractivity contribution is -0.0436. The maximum absolute atomic E-state index is 12.8. The van der Waals surface area contributed by atoms with Crippen LogP contribution in [0.5, 0.6) is 0 Å². The second kappa shape index (κ2) is 8.91. The number of nitrogens with zero attached hydrogens (tertiary/aromatic N) is 3. The van der Waals surface area contributed by atoms with E-state index in [-0.39, 0.29) is 6.04 Å². The van der Waals surface area contributed by atoms with Gasteiger partial charge in [-0.15, -0.1) is 0 Å². The molecule has 0 radical (unpaired) electrons. The molecule has 0 saturated carbocycles. The molecule has 0 bridgehead atoms. The van der Waals surface area contributed by atoms with Crippen molar-refractivity contribution in [2.24, 2.45) is 0 Å². The van der Waals surface area contributed by atoms with Gasteiger partial charge in [0.15, 0.2) is 0 Å². The number of rotatable bonds is 6. The molecule has 4 rings (SSSR count). The Morgan fingerprint density at radius 2 is 1.56 bits per heavy atom. The van der Waals surface area contributed by atoms with Gasteiger partial charge in [-0.2, -0.15) is 13.2 Å². The van der Waals surface area contributed by atoms with Gasteiger partial charge in [-0.1, -0.05) is 30.3 Å². The first kappa shape index (κ1) is 22.3. The van der Waals surface area contributed by atoms with Crippen LogP contribution in [0.3, 0.4) is 0 Å². The zero-order valence-corrected chi connectivity index (χ0v) is 17.9. The van der Waals surface area contributed by atoms with E-state index in [0.717, 1.165) is 24.1 Å². The fourth-order valence-corrected chi connectivity index (χ4v) is 4.66. The molecule has 2 aromatic carbocycles.